The van der Waals surface area contributed by atoms with E-state index in [9.17, 15) is 14.3 Å². The van der Waals surface area contributed by atoms with E-state index < -0.39 is 20.3 Å². The summed E-state index contributed by atoms with van der Waals surface area (Å²) in [6.07, 6.45) is 0. The number of nitrogens with zero attached hydrogens (tertiary/aromatic N) is 1. The normalized spacial score (nSPS) is 15.3. The molecule has 0 saturated heterocycles. The smallest absolute Gasteiger partial charge is 0.766 e. The third-order valence-electron chi connectivity index (χ3n) is 0.796. The summed E-state index contributed by atoms with van der Waals surface area (Å²) in [4.78, 5) is 28.2. The fourth-order valence-corrected chi connectivity index (χ4v) is 0.585. The van der Waals surface area contributed by atoms with E-state index >= 15 is 0 Å². The molecule has 0 aromatic carbocycles. The maximum absolute atomic E-state index is 10.1. The summed E-state index contributed by atoms with van der Waals surface area (Å²) in [5, 5.41) is 8.03. The van der Waals surface area contributed by atoms with Crippen LogP contribution < -0.4 is 34.5 Å². The Kier molecular flexibility index (Phi) is 6.76. The van der Waals surface area contributed by atoms with Crippen LogP contribution in [0, 0.1) is 0 Å². The minimum Gasteiger partial charge on any atom is -0.766 e. The minimum absolute atomic E-state index is 0. The standard InChI is InChI=1S/C3H8NO5P.Na/c1-4(2-3(5)6)10(7,8)9;/h2H2,1H3,(H,5,6)(H2,7,8,9);/q;+1/p-1. The molecule has 0 amide bonds. The van der Waals surface area contributed by atoms with Crippen LogP contribution in [0.15, 0.2) is 0 Å². The summed E-state index contributed by atoms with van der Waals surface area (Å²) >= 11 is 0. The van der Waals surface area contributed by atoms with E-state index in [1.807, 2.05) is 0 Å². The number of carbonyl (C=O) groups is 1. The van der Waals surface area contributed by atoms with E-state index in [1.54, 1.807) is 0 Å². The third-order valence-corrected chi connectivity index (χ3v) is 1.80. The summed E-state index contributed by atoms with van der Waals surface area (Å²) in [7, 11) is -3.63. The quantitative estimate of drug-likeness (QED) is 0.344. The summed E-state index contributed by atoms with van der Waals surface area (Å²) in [6, 6.07) is 0. The molecule has 0 aromatic rings. The molecule has 0 aliphatic rings. The Morgan fingerprint density at radius 2 is 2.09 bits per heavy atom. The number of carboxylic acids is 1. The molecule has 0 heterocycles. The van der Waals surface area contributed by atoms with Gasteiger partial charge in [-0.1, -0.05) is 0 Å². The van der Waals surface area contributed by atoms with Crippen molar-refractivity contribution in [3.05, 3.63) is 0 Å². The fraction of sp³-hybridized carbons (Fsp3) is 0.667. The zero-order chi connectivity index (χ0) is 8.36. The van der Waals surface area contributed by atoms with Crippen molar-refractivity contribution in [2.75, 3.05) is 13.6 Å². The predicted molar refractivity (Wildman–Crippen MR) is 30.1 cm³/mol. The van der Waals surface area contributed by atoms with Gasteiger partial charge in [0.05, 0.1) is 0 Å². The van der Waals surface area contributed by atoms with Crippen molar-refractivity contribution in [3.63, 3.8) is 0 Å². The number of rotatable bonds is 3. The second-order valence-corrected chi connectivity index (χ2v) is 3.36. The van der Waals surface area contributed by atoms with E-state index in [0.717, 1.165) is 7.05 Å². The topological polar surface area (TPSA) is 101 Å². The fourth-order valence-electron chi connectivity index (χ4n) is 0.285. The van der Waals surface area contributed by atoms with Crippen LogP contribution >= 0.6 is 7.75 Å². The first-order valence-corrected chi connectivity index (χ1v) is 3.84. The van der Waals surface area contributed by atoms with Gasteiger partial charge >= 0.3 is 35.5 Å². The molecule has 0 rings (SSSR count). The van der Waals surface area contributed by atoms with Crippen LogP contribution in [-0.2, 0) is 9.36 Å². The zero-order valence-corrected chi connectivity index (χ0v) is 9.12. The first-order valence-electron chi connectivity index (χ1n) is 2.31. The first-order chi connectivity index (χ1) is 4.34. The molecule has 0 fully saturated rings. The average Bonchev–Trinajstić information content (AvgIpc) is 1.60. The van der Waals surface area contributed by atoms with Gasteiger partial charge in [0.15, 0.2) is 0 Å². The minimum atomic E-state index is -4.61. The van der Waals surface area contributed by atoms with Gasteiger partial charge in [0.25, 0.3) is 0 Å². The van der Waals surface area contributed by atoms with Crippen molar-refractivity contribution >= 4 is 13.7 Å². The van der Waals surface area contributed by atoms with Gasteiger partial charge < -0.3 is 14.9 Å². The van der Waals surface area contributed by atoms with Gasteiger partial charge in [-0.3, -0.25) is 9.36 Å². The van der Waals surface area contributed by atoms with E-state index in [2.05, 4.69) is 0 Å². The summed E-state index contributed by atoms with van der Waals surface area (Å²) in [5.41, 5.74) is 0. The van der Waals surface area contributed by atoms with Crippen molar-refractivity contribution in [1.82, 2.24) is 4.67 Å². The van der Waals surface area contributed by atoms with Crippen LogP contribution in [0.3, 0.4) is 0 Å². The predicted octanol–water partition coefficient (Wildman–Crippen LogP) is -4.53. The van der Waals surface area contributed by atoms with Gasteiger partial charge in [-0.2, -0.15) is 0 Å². The second kappa shape index (κ2) is 5.27. The van der Waals surface area contributed by atoms with Crippen LogP contribution in [-0.4, -0.2) is 34.2 Å². The van der Waals surface area contributed by atoms with Crippen LogP contribution in [0.5, 0.6) is 0 Å². The summed E-state index contributed by atoms with van der Waals surface area (Å²) in [6.45, 7) is -0.725. The molecule has 0 aromatic heterocycles. The Morgan fingerprint density at radius 3 is 2.18 bits per heavy atom. The first kappa shape index (κ1) is 14.1. The number of hydrogen-bond acceptors (Lipinski definition) is 3. The molecule has 60 valence electrons. The molecule has 6 nitrogen and oxygen atoms in total. The molecular weight excluding hydrogens is 184 g/mol. The van der Waals surface area contributed by atoms with Gasteiger partial charge in [0.2, 0.25) is 7.75 Å². The van der Waals surface area contributed by atoms with Gasteiger partial charge in [-0.25, -0.2) is 4.67 Å². The molecular formula is C3H7NNaO5P. The van der Waals surface area contributed by atoms with Crippen molar-refractivity contribution in [1.29, 1.82) is 0 Å². The Hall–Kier alpha value is 0.580. The summed E-state index contributed by atoms with van der Waals surface area (Å²) in [5.74, 6) is -1.31. The molecule has 0 aliphatic heterocycles. The monoisotopic (exact) mass is 191 g/mol. The maximum atomic E-state index is 10.1. The number of carboxylic acid groups (broad SMARTS) is 1. The summed E-state index contributed by atoms with van der Waals surface area (Å²) < 4.78 is 10.5. The van der Waals surface area contributed by atoms with Crippen molar-refractivity contribution in [3.8, 4) is 0 Å². The molecule has 1 unspecified atom stereocenters. The SMILES string of the molecule is CN(CC(=O)O)P(=O)([O-])O.[Na+]. The van der Waals surface area contributed by atoms with Gasteiger partial charge in [-0.05, 0) is 7.05 Å². The van der Waals surface area contributed by atoms with E-state index in [4.69, 9.17) is 10.00 Å². The maximum Gasteiger partial charge on any atom is 1.00 e. The van der Waals surface area contributed by atoms with Crippen LogP contribution in [0.1, 0.15) is 0 Å². The van der Waals surface area contributed by atoms with E-state index in [1.165, 1.54) is 0 Å². The number of likely N-dealkylation sites (N-methyl/N-ethyl adjacent to an activating group) is 1. The Bertz CT molecular complexity index is 179. The largest absolute Gasteiger partial charge is 1.00 e. The van der Waals surface area contributed by atoms with Gasteiger partial charge in [0, 0.05) is 0 Å². The second-order valence-electron chi connectivity index (χ2n) is 1.70. The molecule has 1 atom stereocenters. The molecule has 0 spiro atoms. The average molecular weight is 191 g/mol. The third kappa shape index (κ3) is 6.96. The Balaban J connectivity index is 0. The molecule has 2 N–H and O–H groups in total. The molecule has 0 radical (unpaired) electrons. The molecule has 11 heavy (non-hydrogen) atoms. The van der Waals surface area contributed by atoms with Crippen LogP contribution in [0.25, 0.3) is 0 Å². The Labute approximate surface area is 85.7 Å². The number of hydrogen-bond donors (Lipinski definition) is 2. The molecule has 0 aliphatic carbocycles. The Morgan fingerprint density at radius 1 is 1.73 bits per heavy atom. The van der Waals surface area contributed by atoms with Crippen LogP contribution in [0.4, 0.5) is 0 Å². The van der Waals surface area contributed by atoms with E-state index in [0.29, 0.717) is 4.67 Å². The van der Waals surface area contributed by atoms with Gasteiger partial charge in [-0.15, -0.1) is 0 Å². The van der Waals surface area contributed by atoms with E-state index in [-0.39, 0.29) is 29.6 Å². The van der Waals surface area contributed by atoms with Crippen molar-refractivity contribution in [2.45, 2.75) is 0 Å². The molecule has 8 heteroatoms. The van der Waals surface area contributed by atoms with Crippen LogP contribution in [0.2, 0.25) is 0 Å². The van der Waals surface area contributed by atoms with Crippen molar-refractivity contribution < 1.29 is 53.8 Å². The molecule has 0 bridgehead atoms. The van der Waals surface area contributed by atoms with Gasteiger partial charge in [0.1, 0.15) is 6.54 Å². The number of aliphatic carboxylic acids is 1. The zero-order valence-electron chi connectivity index (χ0n) is 6.22. The van der Waals surface area contributed by atoms with Crippen molar-refractivity contribution in [2.24, 2.45) is 0 Å². The molecule has 0 saturated carbocycles.